The molecule has 186 valence electrons. The summed E-state index contributed by atoms with van der Waals surface area (Å²) >= 11 is 9.18. The Morgan fingerprint density at radius 2 is 1.69 bits per heavy atom. The van der Waals surface area contributed by atoms with Crippen LogP contribution in [-0.4, -0.2) is 27.6 Å². The van der Waals surface area contributed by atoms with E-state index in [-0.39, 0.29) is 38.7 Å². The van der Waals surface area contributed by atoms with Gasteiger partial charge in [-0.3, -0.25) is 0 Å². The van der Waals surface area contributed by atoms with Crippen molar-refractivity contribution in [1.82, 2.24) is 0 Å². The zero-order valence-electron chi connectivity index (χ0n) is 17.9. The molecule has 3 rings (SSSR count). The van der Waals surface area contributed by atoms with Crippen LogP contribution in [0.15, 0.2) is 74.9 Å². The van der Waals surface area contributed by atoms with E-state index >= 15 is 0 Å². The molecule has 3 aromatic rings. The molecule has 12 heteroatoms. The van der Waals surface area contributed by atoms with Crippen LogP contribution < -0.4 is 9.47 Å². The number of carbonyl (C=O) groups excluding carboxylic acids is 1. The zero-order chi connectivity index (χ0) is 25.8. The van der Waals surface area contributed by atoms with E-state index in [2.05, 4.69) is 15.9 Å². The van der Waals surface area contributed by atoms with Crippen LogP contribution in [0.5, 0.6) is 17.2 Å². The third kappa shape index (κ3) is 6.68. The van der Waals surface area contributed by atoms with E-state index in [0.29, 0.717) is 10.5 Å². The Balaban J connectivity index is 1.98. The van der Waals surface area contributed by atoms with Gasteiger partial charge in [0.05, 0.1) is 22.1 Å². The molecule has 0 aliphatic rings. The number of hydrogen-bond donors (Lipinski definition) is 0. The summed E-state index contributed by atoms with van der Waals surface area (Å²) in [5, 5.41) is -0.305. The van der Waals surface area contributed by atoms with Gasteiger partial charge in [0, 0.05) is 10.5 Å². The topological polar surface area (TPSA) is 78.9 Å². The SMILES string of the molecule is CCOC(=O)COc1cc(Oc2ccc(C(F)(F)F)cc2Cl)ccc1S(=O)(=O)c1ccc(Br)cc1. The summed E-state index contributed by atoms with van der Waals surface area (Å²) in [7, 11) is -4.07. The Morgan fingerprint density at radius 1 is 1.00 bits per heavy atom. The minimum absolute atomic E-state index is 0.0141. The molecule has 6 nitrogen and oxygen atoms in total. The summed E-state index contributed by atoms with van der Waals surface area (Å²) < 4.78 is 81.6. The van der Waals surface area contributed by atoms with Crippen molar-refractivity contribution in [2.75, 3.05) is 13.2 Å². The average Bonchev–Trinajstić information content (AvgIpc) is 2.79. The van der Waals surface area contributed by atoms with Gasteiger partial charge in [0.2, 0.25) is 9.84 Å². The Bertz CT molecular complexity index is 1330. The van der Waals surface area contributed by atoms with Crippen molar-refractivity contribution >= 4 is 43.3 Å². The lowest BCUT2D eigenvalue weighted by Crippen LogP contribution is -2.16. The number of sulfone groups is 1. The first-order chi connectivity index (χ1) is 16.4. The fraction of sp³-hybridized carbons (Fsp3) is 0.174. The minimum atomic E-state index is -4.58. The number of carbonyl (C=O) groups is 1. The van der Waals surface area contributed by atoms with E-state index in [9.17, 15) is 26.4 Å². The highest BCUT2D eigenvalue weighted by atomic mass is 79.9. The van der Waals surface area contributed by atoms with E-state index in [0.717, 1.165) is 12.1 Å². The summed E-state index contributed by atoms with van der Waals surface area (Å²) in [6.45, 7) is 1.12. The molecule has 0 aromatic heterocycles. The summed E-state index contributed by atoms with van der Waals surface area (Å²) in [6.07, 6.45) is -4.58. The maximum atomic E-state index is 13.2. The molecule has 0 saturated carbocycles. The van der Waals surface area contributed by atoms with Crippen LogP contribution in [0.2, 0.25) is 5.02 Å². The van der Waals surface area contributed by atoms with Crippen molar-refractivity contribution < 1.29 is 40.6 Å². The van der Waals surface area contributed by atoms with Crippen molar-refractivity contribution in [3.63, 3.8) is 0 Å². The molecule has 0 fully saturated rings. The van der Waals surface area contributed by atoms with Gasteiger partial charge < -0.3 is 14.2 Å². The summed E-state index contributed by atoms with van der Waals surface area (Å²) in [6, 6.07) is 12.1. The molecule has 35 heavy (non-hydrogen) atoms. The second kappa shape index (κ2) is 10.9. The molecule has 3 aromatic carbocycles. The molecule has 0 N–H and O–H groups in total. The first-order valence-corrected chi connectivity index (χ1v) is 12.5. The molecular formula is C23H17BrClF3O6S. The highest BCUT2D eigenvalue weighted by Gasteiger charge is 2.31. The Kier molecular flexibility index (Phi) is 8.34. The van der Waals surface area contributed by atoms with Gasteiger partial charge in [-0.1, -0.05) is 27.5 Å². The van der Waals surface area contributed by atoms with Gasteiger partial charge >= 0.3 is 12.1 Å². The number of hydrogen-bond acceptors (Lipinski definition) is 6. The number of ether oxygens (including phenoxy) is 3. The predicted octanol–water partition coefficient (Wildman–Crippen LogP) is 6.69. The molecule has 0 amide bonds. The van der Waals surface area contributed by atoms with Crippen molar-refractivity contribution in [2.45, 2.75) is 22.9 Å². The number of halogens is 5. The highest BCUT2D eigenvalue weighted by molar-refractivity contribution is 9.10. The lowest BCUT2D eigenvalue weighted by Gasteiger charge is -2.15. The normalized spacial score (nSPS) is 11.7. The lowest BCUT2D eigenvalue weighted by molar-refractivity contribution is -0.145. The number of benzene rings is 3. The van der Waals surface area contributed by atoms with Crippen LogP contribution in [0.3, 0.4) is 0 Å². The monoisotopic (exact) mass is 592 g/mol. The van der Waals surface area contributed by atoms with Gasteiger partial charge in [0.15, 0.2) is 6.61 Å². The van der Waals surface area contributed by atoms with Gasteiger partial charge in [-0.2, -0.15) is 13.2 Å². The van der Waals surface area contributed by atoms with Gasteiger partial charge in [0.25, 0.3) is 0 Å². The van der Waals surface area contributed by atoms with E-state index in [4.69, 9.17) is 25.8 Å². The van der Waals surface area contributed by atoms with Crippen LogP contribution in [0.25, 0.3) is 0 Å². The second-order valence-electron chi connectivity index (χ2n) is 6.90. The predicted molar refractivity (Wildman–Crippen MR) is 125 cm³/mol. The van der Waals surface area contributed by atoms with E-state index in [1.807, 2.05) is 0 Å². The highest BCUT2D eigenvalue weighted by Crippen LogP contribution is 2.39. The molecule has 0 bridgehead atoms. The second-order valence-corrected chi connectivity index (χ2v) is 10.1. The smallest absolute Gasteiger partial charge is 0.416 e. The summed E-state index contributed by atoms with van der Waals surface area (Å²) in [5.74, 6) is -1.03. The van der Waals surface area contributed by atoms with Crippen LogP contribution in [0.4, 0.5) is 13.2 Å². The molecule has 0 heterocycles. The van der Waals surface area contributed by atoms with Gasteiger partial charge in [-0.05, 0) is 61.5 Å². The van der Waals surface area contributed by atoms with Crippen LogP contribution >= 0.6 is 27.5 Å². The summed E-state index contributed by atoms with van der Waals surface area (Å²) in [5.41, 5.74) is -0.954. The molecular weight excluding hydrogens is 577 g/mol. The van der Waals surface area contributed by atoms with Gasteiger partial charge in [0.1, 0.15) is 22.1 Å². The van der Waals surface area contributed by atoms with Crippen LogP contribution in [0, 0.1) is 0 Å². The van der Waals surface area contributed by atoms with Crippen molar-refractivity contribution in [2.24, 2.45) is 0 Å². The molecule has 0 unspecified atom stereocenters. The zero-order valence-corrected chi connectivity index (χ0v) is 21.1. The standard InChI is InChI=1S/C23H17BrClF3O6S/c1-2-32-22(29)13-33-20-12-16(34-19-9-3-14(11-18(19)25)23(26,27)28)6-10-21(20)35(30,31)17-7-4-15(24)5-8-17/h3-12H,2,13H2,1H3. The third-order valence-corrected chi connectivity index (χ3v) is 7.10. The number of alkyl halides is 3. The van der Waals surface area contributed by atoms with E-state index in [1.54, 1.807) is 19.1 Å². The molecule has 0 aliphatic heterocycles. The van der Waals surface area contributed by atoms with E-state index < -0.39 is 34.2 Å². The van der Waals surface area contributed by atoms with Crippen molar-refractivity contribution in [1.29, 1.82) is 0 Å². The quantitative estimate of drug-likeness (QED) is 0.271. The summed E-state index contributed by atoms with van der Waals surface area (Å²) in [4.78, 5) is 11.5. The van der Waals surface area contributed by atoms with Crippen LogP contribution in [0.1, 0.15) is 12.5 Å². The Hall–Kier alpha value is -2.76. The number of rotatable bonds is 8. The van der Waals surface area contributed by atoms with Gasteiger partial charge in [-0.15, -0.1) is 0 Å². The minimum Gasteiger partial charge on any atom is -0.480 e. The average molecular weight is 594 g/mol. The Morgan fingerprint density at radius 3 is 2.29 bits per heavy atom. The maximum absolute atomic E-state index is 13.2. The fourth-order valence-electron chi connectivity index (χ4n) is 2.85. The fourth-order valence-corrected chi connectivity index (χ4v) is 4.72. The largest absolute Gasteiger partial charge is 0.480 e. The maximum Gasteiger partial charge on any atom is 0.416 e. The Labute approximate surface area is 212 Å². The molecule has 0 spiro atoms. The molecule has 0 saturated heterocycles. The third-order valence-electron chi connectivity index (χ3n) is 4.47. The lowest BCUT2D eigenvalue weighted by atomic mass is 10.2. The molecule has 0 atom stereocenters. The van der Waals surface area contributed by atoms with E-state index in [1.165, 1.54) is 30.3 Å². The van der Waals surface area contributed by atoms with Gasteiger partial charge in [-0.25, -0.2) is 13.2 Å². The molecule has 0 radical (unpaired) electrons. The van der Waals surface area contributed by atoms with Crippen molar-refractivity contribution in [3.8, 4) is 17.2 Å². The number of esters is 1. The first-order valence-electron chi connectivity index (χ1n) is 9.89. The molecule has 0 aliphatic carbocycles. The van der Waals surface area contributed by atoms with Crippen LogP contribution in [-0.2, 0) is 25.5 Å². The van der Waals surface area contributed by atoms with Crippen molar-refractivity contribution in [3.05, 3.63) is 75.7 Å². The first kappa shape index (κ1) is 26.8.